The zero-order valence-electron chi connectivity index (χ0n) is 43.5. The van der Waals surface area contributed by atoms with Crippen molar-refractivity contribution in [3.8, 4) is 0 Å². The van der Waals surface area contributed by atoms with Crippen molar-refractivity contribution in [3.63, 3.8) is 0 Å². The molecule has 0 spiro atoms. The summed E-state index contributed by atoms with van der Waals surface area (Å²) in [5.41, 5.74) is 1.06. The number of anilines is 2. The summed E-state index contributed by atoms with van der Waals surface area (Å²) in [5.74, 6) is 2.06. The van der Waals surface area contributed by atoms with Crippen molar-refractivity contribution < 1.29 is 32.5 Å². The van der Waals surface area contributed by atoms with Crippen LogP contribution in [0.25, 0.3) is 21.9 Å². The van der Waals surface area contributed by atoms with Crippen LogP contribution < -0.4 is 20.4 Å². The molecular weight excluding hydrogens is 1010 g/mol. The summed E-state index contributed by atoms with van der Waals surface area (Å²) < 4.78 is 36.7. The Morgan fingerprint density at radius 2 is 0.959 bits per heavy atom. The normalized spacial score (nSPS) is 28.6. The van der Waals surface area contributed by atoms with Crippen molar-refractivity contribution in [2.45, 2.75) is 140 Å². The molecule has 2 unspecified atom stereocenters. The molecule has 74 heavy (non-hydrogen) atoms. The summed E-state index contributed by atoms with van der Waals surface area (Å²) >= 11 is 18.7. The van der Waals surface area contributed by atoms with Crippen molar-refractivity contribution in [3.05, 3.63) is 45.2 Å². The van der Waals surface area contributed by atoms with Crippen LogP contribution in [-0.4, -0.2) is 136 Å². The molecule has 4 aromatic rings. The average molecular weight is 1080 g/mol. The van der Waals surface area contributed by atoms with E-state index in [2.05, 4.69) is 40.5 Å². The number of rotatable bonds is 17. The third-order valence-corrected chi connectivity index (χ3v) is 19.5. The SMILES string of the molecule is COC1CCC(C(C(=O)NC2CCC(CCN3CCN(c4noc5cc(F)c(Cl)cc45)CC3)CC2)C(C(=O)NC2CCC(CCN3CCN(c4noc5cc(Cl)c(Cl)cc45)CC3)CC2)C2CCC(OC)CC2)CC1. The first kappa shape index (κ1) is 53.9. The van der Waals surface area contributed by atoms with Gasteiger partial charge in [0.1, 0.15) is 5.82 Å². The van der Waals surface area contributed by atoms with E-state index in [9.17, 15) is 4.39 Å². The maximum Gasteiger partial charge on any atom is 0.224 e. The van der Waals surface area contributed by atoms with Crippen LogP contribution in [0.15, 0.2) is 33.3 Å². The molecule has 2 saturated heterocycles. The smallest absolute Gasteiger partial charge is 0.224 e. The molecule has 0 radical (unpaired) electrons. The molecule has 4 aliphatic carbocycles. The Balaban J connectivity index is 0.711. The second-order valence-electron chi connectivity index (χ2n) is 22.8. The van der Waals surface area contributed by atoms with Gasteiger partial charge in [0.2, 0.25) is 11.8 Å². The van der Waals surface area contributed by atoms with Crippen LogP contribution in [0.3, 0.4) is 0 Å². The van der Waals surface area contributed by atoms with Crippen LogP contribution in [0.2, 0.25) is 15.1 Å². The van der Waals surface area contributed by atoms with Crippen molar-refractivity contribution in [2.24, 2.45) is 35.5 Å². The van der Waals surface area contributed by atoms with Crippen molar-refractivity contribution in [1.29, 1.82) is 0 Å². The second-order valence-corrected chi connectivity index (χ2v) is 24.0. The van der Waals surface area contributed by atoms with Gasteiger partial charge in [0.25, 0.3) is 0 Å². The second kappa shape index (κ2) is 24.9. The highest BCUT2D eigenvalue weighted by molar-refractivity contribution is 6.42. The van der Waals surface area contributed by atoms with Crippen LogP contribution in [0.5, 0.6) is 0 Å². The Kier molecular flexibility index (Phi) is 18.2. The van der Waals surface area contributed by atoms with Gasteiger partial charge in [-0.05, 0) is 164 Å². The number of ether oxygens (including phenoxy) is 2. The van der Waals surface area contributed by atoms with Crippen molar-refractivity contribution >= 4 is 80.2 Å². The van der Waals surface area contributed by atoms with E-state index in [-0.39, 0.29) is 64.8 Å². The van der Waals surface area contributed by atoms with Gasteiger partial charge in [-0.25, -0.2) is 4.39 Å². The standard InChI is InChI=1S/C56H78Cl3FN8O6/c1-71-41-15-7-37(8-16-41)51(55(69)61-39-11-3-35(4-12-39)19-21-65-23-27-67(28-24-65)53-43-31-45(57)46(58)33-49(43)73-63-53)52(38-9-17-42(72-2)18-10-38)56(70)62-40-13-5-36(6-14-40)20-22-66-25-29-68(30-26-66)54-44-32-47(59)48(60)34-50(44)74-64-54/h31-42,51-52H,3-30H2,1-2H3,(H,61,69)(H,62,70). The minimum absolute atomic E-state index is 0.0734. The lowest BCUT2D eigenvalue weighted by Crippen LogP contribution is -2.53. The minimum Gasteiger partial charge on any atom is -0.381 e. The maximum absolute atomic E-state index is 15.1. The molecule has 14 nitrogen and oxygen atoms in total. The lowest BCUT2D eigenvalue weighted by Gasteiger charge is -2.42. The zero-order valence-corrected chi connectivity index (χ0v) is 45.8. The number of carbonyl (C=O) groups is 2. The van der Waals surface area contributed by atoms with E-state index in [1.54, 1.807) is 26.4 Å². The van der Waals surface area contributed by atoms with Crippen LogP contribution >= 0.6 is 34.8 Å². The molecule has 18 heteroatoms. The number of hydrogen-bond acceptors (Lipinski definition) is 12. The van der Waals surface area contributed by atoms with Gasteiger partial charge in [0, 0.05) is 90.8 Å². The van der Waals surface area contributed by atoms with E-state index in [0.29, 0.717) is 33.0 Å². The van der Waals surface area contributed by atoms with Gasteiger partial charge in [0.15, 0.2) is 22.8 Å². The fraction of sp³-hybridized carbons (Fsp3) is 0.714. The number of nitrogens with zero attached hydrogens (tertiary/aromatic N) is 6. The molecule has 2 amide bonds. The lowest BCUT2D eigenvalue weighted by molar-refractivity contribution is -0.142. The van der Waals surface area contributed by atoms with Crippen molar-refractivity contribution in [1.82, 2.24) is 30.7 Å². The van der Waals surface area contributed by atoms with Crippen LogP contribution in [0, 0.1) is 41.3 Å². The predicted octanol–water partition coefficient (Wildman–Crippen LogP) is 10.8. The topological polar surface area (TPSA) is 142 Å². The van der Waals surface area contributed by atoms with Gasteiger partial charge in [-0.2, -0.15) is 0 Å². The number of aromatic nitrogens is 2. The number of nitrogens with one attached hydrogen (secondary N) is 2. The molecule has 6 fully saturated rings. The van der Waals surface area contributed by atoms with E-state index in [0.717, 1.165) is 203 Å². The van der Waals surface area contributed by atoms with Gasteiger partial charge in [-0.1, -0.05) is 45.1 Å². The number of benzene rings is 2. The van der Waals surface area contributed by atoms with Crippen LogP contribution in [0.4, 0.5) is 16.0 Å². The van der Waals surface area contributed by atoms with E-state index in [4.69, 9.17) is 53.3 Å². The Morgan fingerprint density at radius 3 is 1.38 bits per heavy atom. The molecule has 4 heterocycles. The van der Waals surface area contributed by atoms with Gasteiger partial charge in [-0.15, -0.1) is 0 Å². The van der Waals surface area contributed by atoms with E-state index in [1.165, 1.54) is 6.07 Å². The number of methoxy groups -OCH3 is 2. The van der Waals surface area contributed by atoms with Gasteiger partial charge in [-0.3, -0.25) is 19.4 Å². The third kappa shape index (κ3) is 12.8. The molecule has 10 rings (SSSR count). The summed E-state index contributed by atoms with van der Waals surface area (Å²) in [6.07, 6.45) is 18.3. The number of amides is 2. The summed E-state index contributed by atoms with van der Waals surface area (Å²) in [7, 11) is 3.60. The largest absolute Gasteiger partial charge is 0.381 e. The number of fused-ring (bicyclic) bond motifs is 2. The molecule has 4 saturated carbocycles. The Morgan fingerprint density at radius 1 is 0.568 bits per heavy atom. The fourth-order valence-electron chi connectivity index (χ4n) is 13.9. The third-order valence-electron chi connectivity index (χ3n) is 18.5. The highest BCUT2D eigenvalue weighted by Gasteiger charge is 2.46. The molecule has 2 aliphatic heterocycles. The average Bonchev–Trinajstić information content (AvgIpc) is 4.03. The van der Waals surface area contributed by atoms with Crippen LogP contribution in [0.1, 0.15) is 116 Å². The first-order valence-corrected chi connectivity index (χ1v) is 29.2. The highest BCUT2D eigenvalue weighted by atomic mass is 35.5. The summed E-state index contributed by atoms with van der Waals surface area (Å²) in [6, 6.07) is 6.76. The maximum atomic E-state index is 15.1. The number of halogens is 4. The van der Waals surface area contributed by atoms with E-state index in [1.807, 2.05) is 6.07 Å². The molecule has 0 bridgehead atoms. The lowest BCUT2D eigenvalue weighted by atomic mass is 9.65. The molecular formula is C56H78Cl3FN8O6. The molecule has 2 aromatic heterocycles. The first-order valence-electron chi connectivity index (χ1n) is 28.1. The molecule has 2 atom stereocenters. The van der Waals surface area contributed by atoms with E-state index >= 15 is 9.59 Å². The quantitative estimate of drug-likeness (QED) is 0.104. The Hall–Kier alpha value is -3.44. The number of hydrogen-bond donors (Lipinski definition) is 2. The summed E-state index contributed by atoms with van der Waals surface area (Å²) in [6.45, 7) is 9.26. The van der Waals surface area contributed by atoms with Crippen LogP contribution in [-0.2, 0) is 19.1 Å². The number of piperazine rings is 2. The summed E-state index contributed by atoms with van der Waals surface area (Å²) in [4.78, 5) is 39.7. The fourth-order valence-corrected chi connectivity index (χ4v) is 14.4. The monoisotopic (exact) mass is 1080 g/mol. The van der Waals surface area contributed by atoms with Gasteiger partial charge in [0.05, 0.1) is 49.9 Å². The number of carbonyl (C=O) groups excluding carboxylic acids is 2. The molecule has 406 valence electrons. The molecule has 2 N–H and O–H groups in total. The first-order chi connectivity index (χ1) is 36.0. The Labute approximate surface area is 451 Å². The van der Waals surface area contributed by atoms with Gasteiger partial charge >= 0.3 is 0 Å². The van der Waals surface area contributed by atoms with Crippen molar-refractivity contribution in [2.75, 3.05) is 89.5 Å². The highest BCUT2D eigenvalue weighted by Crippen LogP contribution is 2.44. The van der Waals surface area contributed by atoms with E-state index < -0.39 is 5.82 Å². The molecule has 2 aromatic carbocycles. The Bertz CT molecular complexity index is 2310. The minimum atomic E-state index is -0.505. The summed E-state index contributed by atoms with van der Waals surface area (Å²) in [5, 5.41) is 18.5. The molecule has 6 aliphatic rings. The van der Waals surface area contributed by atoms with Gasteiger partial charge < -0.3 is 39.0 Å². The predicted molar refractivity (Wildman–Crippen MR) is 290 cm³/mol. The zero-order chi connectivity index (χ0) is 51.3.